The first kappa shape index (κ1) is 17.2. The molecule has 2 unspecified atom stereocenters. The highest BCUT2D eigenvalue weighted by Gasteiger charge is 2.45. The van der Waals surface area contributed by atoms with Crippen LogP contribution in [0.1, 0.15) is 42.3 Å². The minimum absolute atomic E-state index is 0.0629. The van der Waals surface area contributed by atoms with E-state index in [4.69, 9.17) is 11.6 Å². The molecule has 2 aromatic heterocycles. The Morgan fingerprint density at radius 1 is 1.19 bits per heavy atom. The molecule has 2 bridgehead atoms. The van der Waals surface area contributed by atoms with Crippen LogP contribution in [-0.4, -0.2) is 33.4 Å². The van der Waals surface area contributed by atoms with Crippen molar-refractivity contribution in [1.29, 1.82) is 0 Å². The predicted octanol–water partition coefficient (Wildman–Crippen LogP) is 3.53. The fourth-order valence-corrected chi connectivity index (χ4v) is 6.42. The average Bonchev–Trinajstić information content (AvgIpc) is 3.02. The summed E-state index contributed by atoms with van der Waals surface area (Å²) in [6.45, 7) is 1.95. The quantitative estimate of drug-likeness (QED) is 0.657. The fourth-order valence-electron chi connectivity index (χ4n) is 4.45. The maximum absolute atomic E-state index is 13.4. The summed E-state index contributed by atoms with van der Waals surface area (Å²) >= 11 is 5.94. The van der Waals surface area contributed by atoms with Gasteiger partial charge in [0.2, 0.25) is 10.0 Å². The number of halogens is 1. The number of rotatable bonds is 2. The Balaban J connectivity index is 1.65. The Morgan fingerprint density at radius 2 is 1.96 bits per heavy atom. The van der Waals surface area contributed by atoms with Gasteiger partial charge in [-0.2, -0.15) is 9.40 Å². The molecule has 0 saturated carbocycles. The van der Waals surface area contributed by atoms with Gasteiger partial charge in [-0.3, -0.25) is 0 Å². The minimum Gasteiger partial charge on any atom is -0.237 e. The molecule has 0 radical (unpaired) electrons. The molecule has 2 aliphatic heterocycles. The number of sulfonamides is 1. The van der Waals surface area contributed by atoms with Crippen LogP contribution in [0, 0.1) is 6.92 Å². The van der Waals surface area contributed by atoms with Gasteiger partial charge in [-0.15, -0.1) is 0 Å². The van der Waals surface area contributed by atoms with E-state index in [-0.39, 0.29) is 17.0 Å². The molecule has 0 amide bonds. The average molecular weight is 403 g/mol. The molecule has 2 aliphatic rings. The van der Waals surface area contributed by atoms with E-state index in [1.165, 1.54) is 0 Å². The summed E-state index contributed by atoms with van der Waals surface area (Å²) in [5, 5.41) is 5.11. The molecular formula is C19H19ClN4O2S. The zero-order valence-electron chi connectivity index (χ0n) is 14.8. The van der Waals surface area contributed by atoms with Crippen LogP contribution in [0.5, 0.6) is 0 Å². The number of aryl methyl sites for hydroxylation is 1. The van der Waals surface area contributed by atoms with Crippen molar-refractivity contribution in [2.24, 2.45) is 0 Å². The lowest BCUT2D eigenvalue weighted by atomic mass is 9.85. The summed E-state index contributed by atoms with van der Waals surface area (Å²) in [5.74, 6) is 0. The Bertz CT molecular complexity index is 1140. The van der Waals surface area contributed by atoms with Crippen LogP contribution in [0.25, 0.3) is 5.65 Å². The van der Waals surface area contributed by atoms with Crippen LogP contribution in [-0.2, 0) is 16.4 Å². The topological polar surface area (TPSA) is 67.6 Å². The highest BCUT2D eigenvalue weighted by molar-refractivity contribution is 7.89. The van der Waals surface area contributed by atoms with Crippen LogP contribution in [0.2, 0.25) is 5.02 Å². The van der Waals surface area contributed by atoms with Gasteiger partial charge in [-0.1, -0.05) is 11.6 Å². The van der Waals surface area contributed by atoms with E-state index >= 15 is 0 Å². The third-order valence-corrected chi connectivity index (χ3v) is 7.82. The van der Waals surface area contributed by atoms with Crippen LogP contribution < -0.4 is 0 Å². The van der Waals surface area contributed by atoms with Crippen molar-refractivity contribution in [3.8, 4) is 0 Å². The first-order valence-electron chi connectivity index (χ1n) is 9.08. The fraction of sp³-hybridized carbons (Fsp3) is 0.368. The molecule has 27 heavy (non-hydrogen) atoms. The molecule has 1 fully saturated rings. The monoisotopic (exact) mass is 402 g/mol. The minimum atomic E-state index is -3.61. The number of benzene rings is 1. The van der Waals surface area contributed by atoms with Crippen LogP contribution in [0.3, 0.4) is 0 Å². The van der Waals surface area contributed by atoms with Crippen molar-refractivity contribution in [2.45, 2.75) is 49.6 Å². The van der Waals surface area contributed by atoms with Crippen molar-refractivity contribution in [3.63, 3.8) is 0 Å². The molecule has 1 aromatic carbocycles. The van der Waals surface area contributed by atoms with Gasteiger partial charge in [0.15, 0.2) is 5.65 Å². The second-order valence-electron chi connectivity index (χ2n) is 7.31. The summed E-state index contributed by atoms with van der Waals surface area (Å²) in [4.78, 5) is 4.81. The molecule has 140 valence electrons. The Kier molecular flexibility index (Phi) is 3.83. The highest BCUT2D eigenvalue weighted by atomic mass is 35.5. The van der Waals surface area contributed by atoms with Gasteiger partial charge in [0.25, 0.3) is 0 Å². The van der Waals surface area contributed by atoms with Crippen molar-refractivity contribution in [1.82, 2.24) is 18.9 Å². The van der Waals surface area contributed by atoms with Crippen LogP contribution >= 0.6 is 11.6 Å². The van der Waals surface area contributed by atoms with E-state index in [0.717, 1.165) is 41.9 Å². The first-order chi connectivity index (χ1) is 12.9. The largest absolute Gasteiger partial charge is 0.243 e. The Hall–Kier alpha value is -1.96. The predicted molar refractivity (Wildman–Crippen MR) is 102 cm³/mol. The maximum Gasteiger partial charge on any atom is 0.243 e. The molecule has 3 aromatic rings. The molecule has 2 atom stereocenters. The van der Waals surface area contributed by atoms with Crippen molar-refractivity contribution >= 4 is 27.3 Å². The number of hydrogen-bond donors (Lipinski definition) is 0. The lowest BCUT2D eigenvalue weighted by Crippen LogP contribution is -2.50. The van der Waals surface area contributed by atoms with Gasteiger partial charge in [0.05, 0.1) is 22.3 Å². The smallest absolute Gasteiger partial charge is 0.237 e. The molecule has 4 heterocycles. The third-order valence-electron chi connectivity index (χ3n) is 5.60. The second-order valence-corrected chi connectivity index (χ2v) is 9.59. The summed E-state index contributed by atoms with van der Waals surface area (Å²) in [6.07, 6.45) is 5.15. The molecule has 0 N–H and O–H groups in total. The molecule has 0 aliphatic carbocycles. The normalized spacial score (nSPS) is 22.7. The van der Waals surface area contributed by atoms with E-state index in [2.05, 4.69) is 10.1 Å². The first-order valence-corrected chi connectivity index (χ1v) is 10.9. The van der Waals surface area contributed by atoms with E-state index in [1.807, 2.05) is 23.7 Å². The number of aromatic nitrogens is 3. The van der Waals surface area contributed by atoms with Crippen LogP contribution in [0.15, 0.2) is 41.4 Å². The van der Waals surface area contributed by atoms with Gasteiger partial charge in [0, 0.05) is 35.3 Å². The van der Waals surface area contributed by atoms with Crippen molar-refractivity contribution < 1.29 is 8.42 Å². The molecule has 5 rings (SSSR count). The second kappa shape index (κ2) is 6.02. The lowest BCUT2D eigenvalue weighted by Gasteiger charge is -2.45. The zero-order valence-corrected chi connectivity index (χ0v) is 16.4. The summed E-state index contributed by atoms with van der Waals surface area (Å²) < 4.78 is 30.5. The SMILES string of the molecule is Cc1cc2ncc3c(n2n1)CC1CCCC3N1S(=O)(=O)c1ccc(Cl)cc1. The molecule has 1 saturated heterocycles. The summed E-state index contributed by atoms with van der Waals surface area (Å²) in [7, 11) is -3.61. The molecule has 8 heteroatoms. The number of hydrogen-bond acceptors (Lipinski definition) is 4. The van der Waals surface area contributed by atoms with E-state index in [9.17, 15) is 8.42 Å². The standard InChI is InChI=1S/C19H19ClN4O2S/c1-12-9-19-21-11-16-17-4-2-3-14(10-18(16)23(19)22-12)24(17)27(25,26)15-7-5-13(20)6-8-15/h5-9,11,14,17H,2-4,10H2,1H3. The zero-order chi connectivity index (χ0) is 18.8. The van der Waals surface area contributed by atoms with E-state index in [0.29, 0.717) is 11.4 Å². The highest BCUT2D eigenvalue weighted by Crippen LogP contribution is 2.44. The van der Waals surface area contributed by atoms with Gasteiger partial charge < -0.3 is 0 Å². The van der Waals surface area contributed by atoms with Gasteiger partial charge in [0.1, 0.15) is 0 Å². The summed E-state index contributed by atoms with van der Waals surface area (Å²) in [6, 6.07) is 8.11. The van der Waals surface area contributed by atoms with Crippen molar-refractivity contribution in [2.75, 3.05) is 0 Å². The van der Waals surface area contributed by atoms with Crippen LogP contribution in [0.4, 0.5) is 0 Å². The van der Waals surface area contributed by atoms with E-state index in [1.54, 1.807) is 28.6 Å². The molecular weight excluding hydrogens is 384 g/mol. The van der Waals surface area contributed by atoms with E-state index < -0.39 is 10.0 Å². The Labute approximate surface area is 162 Å². The number of piperidine rings is 1. The van der Waals surface area contributed by atoms with Crippen molar-refractivity contribution in [3.05, 3.63) is 58.5 Å². The maximum atomic E-state index is 13.4. The third kappa shape index (κ3) is 2.60. The van der Waals surface area contributed by atoms with Gasteiger partial charge in [-0.25, -0.2) is 17.9 Å². The summed E-state index contributed by atoms with van der Waals surface area (Å²) in [5.41, 5.74) is 3.79. The Morgan fingerprint density at radius 3 is 2.74 bits per heavy atom. The molecule has 0 spiro atoms. The molecule has 6 nitrogen and oxygen atoms in total. The number of fused-ring (bicyclic) bond motifs is 6. The van der Waals surface area contributed by atoms with Gasteiger partial charge >= 0.3 is 0 Å². The van der Waals surface area contributed by atoms with Gasteiger partial charge in [-0.05, 0) is 50.5 Å². The lowest BCUT2D eigenvalue weighted by molar-refractivity contribution is 0.159. The number of nitrogens with zero attached hydrogens (tertiary/aromatic N) is 4.